The monoisotopic (exact) mass is 424 g/mol. The Balaban J connectivity index is 1.49. The van der Waals surface area contributed by atoms with Crippen LogP contribution in [0.1, 0.15) is 36.2 Å². The molecule has 6 nitrogen and oxygen atoms in total. The molecule has 0 aliphatic heterocycles. The average Bonchev–Trinajstić information content (AvgIpc) is 3.45. The Kier molecular flexibility index (Phi) is 6.18. The number of benzene rings is 2. The zero-order valence-corrected chi connectivity index (χ0v) is 17.8. The third-order valence-corrected chi connectivity index (χ3v) is 5.94. The van der Waals surface area contributed by atoms with Crippen molar-refractivity contribution in [3.8, 4) is 27.8 Å². The van der Waals surface area contributed by atoms with Gasteiger partial charge in [0.1, 0.15) is 16.5 Å². The zero-order chi connectivity index (χ0) is 20.9. The summed E-state index contributed by atoms with van der Waals surface area (Å²) in [5, 5.41) is 5.34. The van der Waals surface area contributed by atoms with Gasteiger partial charge in [0.15, 0.2) is 11.5 Å². The molecule has 0 unspecified atom stereocenters. The number of methoxy groups -OCH3 is 2. The van der Waals surface area contributed by atoms with Gasteiger partial charge in [0.2, 0.25) is 0 Å². The maximum atomic E-state index is 12.7. The number of carbonyl (C=O) groups excluding carboxylic acids is 1. The number of para-hydroxylation sites is 1. The summed E-state index contributed by atoms with van der Waals surface area (Å²) in [6.45, 7) is 0. The molecule has 0 radical (unpaired) electrons. The lowest BCUT2D eigenvalue weighted by molar-refractivity contribution is 0.102. The molecule has 4 rings (SSSR count). The first kappa shape index (κ1) is 20.2. The van der Waals surface area contributed by atoms with Crippen molar-refractivity contribution in [3.05, 3.63) is 53.5 Å². The Bertz CT molecular complexity index is 1030. The first-order valence-electron chi connectivity index (χ1n) is 9.93. The van der Waals surface area contributed by atoms with Gasteiger partial charge >= 0.3 is 0 Å². The average molecular weight is 425 g/mol. The second-order valence-corrected chi connectivity index (χ2v) is 7.94. The number of nitrogens with one attached hydrogen (secondary N) is 1. The molecule has 2 aromatic carbocycles. The minimum Gasteiger partial charge on any atom is -0.493 e. The summed E-state index contributed by atoms with van der Waals surface area (Å²) >= 11 is 1.38. The molecule has 0 bridgehead atoms. The van der Waals surface area contributed by atoms with Crippen molar-refractivity contribution in [3.63, 3.8) is 0 Å². The van der Waals surface area contributed by atoms with E-state index in [1.807, 2.05) is 42.5 Å². The Labute approximate surface area is 179 Å². The largest absolute Gasteiger partial charge is 0.493 e. The van der Waals surface area contributed by atoms with Gasteiger partial charge in [-0.1, -0.05) is 12.1 Å². The van der Waals surface area contributed by atoms with Gasteiger partial charge < -0.3 is 19.5 Å². The number of hydrogen-bond donors (Lipinski definition) is 1. The summed E-state index contributed by atoms with van der Waals surface area (Å²) < 4.78 is 16.9. The number of ether oxygens (including phenoxy) is 3. The van der Waals surface area contributed by atoms with E-state index in [0.29, 0.717) is 27.9 Å². The molecule has 1 aliphatic carbocycles. The summed E-state index contributed by atoms with van der Waals surface area (Å²) in [7, 11) is 3.18. The molecule has 1 aliphatic rings. The third kappa shape index (κ3) is 4.41. The highest BCUT2D eigenvalue weighted by molar-refractivity contribution is 7.13. The number of rotatable bonds is 7. The van der Waals surface area contributed by atoms with Crippen LogP contribution in [0.15, 0.2) is 47.8 Å². The molecule has 1 amide bonds. The third-order valence-electron chi connectivity index (χ3n) is 5.07. The highest BCUT2D eigenvalue weighted by atomic mass is 32.1. The van der Waals surface area contributed by atoms with Gasteiger partial charge in [-0.05, 0) is 49.9 Å². The molecule has 1 N–H and O–H groups in total. The van der Waals surface area contributed by atoms with Crippen LogP contribution < -0.4 is 19.5 Å². The van der Waals surface area contributed by atoms with E-state index in [1.54, 1.807) is 19.6 Å². The first-order valence-corrected chi connectivity index (χ1v) is 10.8. The maximum Gasteiger partial charge on any atom is 0.275 e. The van der Waals surface area contributed by atoms with E-state index in [2.05, 4.69) is 10.3 Å². The fraction of sp³-hybridized carbons (Fsp3) is 0.304. The van der Waals surface area contributed by atoms with E-state index in [9.17, 15) is 4.79 Å². The number of aromatic nitrogens is 1. The van der Waals surface area contributed by atoms with E-state index in [0.717, 1.165) is 24.2 Å². The minimum atomic E-state index is -0.266. The Morgan fingerprint density at radius 3 is 2.67 bits per heavy atom. The summed E-state index contributed by atoms with van der Waals surface area (Å²) in [6, 6.07) is 13.1. The Hall–Kier alpha value is -3.06. The summed E-state index contributed by atoms with van der Waals surface area (Å²) in [5.74, 6) is 1.73. The molecule has 1 aromatic heterocycles. The van der Waals surface area contributed by atoms with Crippen molar-refractivity contribution in [2.24, 2.45) is 0 Å². The Morgan fingerprint density at radius 2 is 1.90 bits per heavy atom. The SMILES string of the molecule is COc1cccc(-c2nc(C(=O)Nc3cccc(OC4CCCC4)c3)cs2)c1OC. The van der Waals surface area contributed by atoms with Crippen LogP contribution in [0.25, 0.3) is 10.6 Å². The van der Waals surface area contributed by atoms with Gasteiger partial charge in [0, 0.05) is 17.1 Å². The molecule has 0 spiro atoms. The fourth-order valence-electron chi connectivity index (χ4n) is 3.60. The lowest BCUT2D eigenvalue weighted by atomic mass is 10.2. The van der Waals surface area contributed by atoms with Gasteiger partial charge in [-0.25, -0.2) is 4.98 Å². The van der Waals surface area contributed by atoms with E-state index in [1.165, 1.54) is 24.2 Å². The summed E-state index contributed by atoms with van der Waals surface area (Å²) in [6.07, 6.45) is 4.88. The predicted octanol–water partition coefficient (Wildman–Crippen LogP) is 5.40. The van der Waals surface area contributed by atoms with Crippen LogP contribution in [-0.4, -0.2) is 31.2 Å². The van der Waals surface area contributed by atoms with Gasteiger partial charge in [0.25, 0.3) is 5.91 Å². The van der Waals surface area contributed by atoms with Gasteiger partial charge in [-0.15, -0.1) is 11.3 Å². The van der Waals surface area contributed by atoms with Crippen molar-refractivity contribution >= 4 is 22.9 Å². The molecular weight excluding hydrogens is 400 g/mol. The first-order chi connectivity index (χ1) is 14.7. The highest BCUT2D eigenvalue weighted by Crippen LogP contribution is 2.39. The number of amides is 1. The molecule has 7 heteroatoms. The van der Waals surface area contributed by atoms with Crippen molar-refractivity contribution in [2.45, 2.75) is 31.8 Å². The number of nitrogens with zero attached hydrogens (tertiary/aromatic N) is 1. The van der Waals surface area contributed by atoms with Crippen molar-refractivity contribution in [2.75, 3.05) is 19.5 Å². The molecule has 1 saturated carbocycles. The maximum absolute atomic E-state index is 12.7. The Morgan fingerprint density at radius 1 is 1.10 bits per heavy atom. The molecular formula is C23H24N2O4S. The van der Waals surface area contributed by atoms with Crippen LogP contribution >= 0.6 is 11.3 Å². The van der Waals surface area contributed by atoms with Gasteiger partial charge in [-0.2, -0.15) is 0 Å². The van der Waals surface area contributed by atoms with Crippen molar-refractivity contribution in [1.29, 1.82) is 0 Å². The second kappa shape index (κ2) is 9.17. The smallest absolute Gasteiger partial charge is 0.275 e. The molecule has 30 heavy (non-hydrogen) atoms. The van der Waals surface area contributed by atoms with E-state index in [-0.39, 0.29) is 12.0 Å². The second-order valence-electron chi connectivity index (χ2n) is 7.09. The van der Waals surface area contributed by atoms with Crippen LogP contribution in [0, 0.1) is 0 Å². The van der Waals surface area contributed by atoms with E-state index < -0.39 is 0 Å². The van der Waals surface area contributed by atoms with Crippen LogP contribution in [0.3, 0.4) is 0 Å². The predicted molar refractivity (Wildman–Crippen MR) is 118 cm³/mol. The number of hydrogen-bond acceptors (Lipinski definition) is 6. The van der Waals surface area contributed by atoms with Crippen LogP contribution in [-0.2, 0) is 0 Å². The van der Waals surface area contributed by atoms with Gasteiger partial charge in [-0.3, -0.25) is 4.79 Å². The standard InChI is InChI=1S/C23H24N2O4S/c1-27-20-12-6-11-18(21(20)28-2)23-25-19(14-30-23)22(26)24-15-7-5-10-17(13-15)29-16-8-3-4-9-16/h5-7,10-14,16H,3-4,8-9H2,1-2H3,(H,24,26). The molecule has 0 saturated heterocycles. The van der Waals surface area contributed by atoms with Crippen molar-refractivity contribution < 1.29 is 19.0 Å². The van der Waals surface area contributed by atoms with Crippen LogP contribution in [0.2, 0.25) is 0 Å². The normalized spacial score (nSPS) is 13.8. The fourth-order valence-corrected chi connectivity index (χ4v) is 4.42. The molecule has 156 valence electrons. The number of carbonyl (C=O) groups is 1. The summed E-state index contributed by atoms with van der Waals surface area (Å²) in [4.78, 5) is 17.2. The molecule has 0 atom stereocenters. The van der Waals surface area contributed by atoms with E-state index >= 15 is 0 Å². The van der Waals surface area contributed by atoms with Gasteiger partial charge in [0.05, 0.1) is 25.9 Å². The number of thiazole rings is 1. The highest BCUT2D eigenvalue weighted by Gasteiger charge is 2.18. The van der Waals surface area contributed by atoms with E-state index in [4.69, 9.17) is 14.2 Å². The zero-order valence-electron chi connectivity index (χ0n) is 17.0. The van der Waals surface area contributed by atoms with Crippen LogP contribution in [0.4, 0.5) is 5.69 Å². The summed E-state index contributed by atoms with van der Waals surface area (Å²) in [5.41, 5.74) is 1.82. The number of anilines is 1. The lowest BCUT2D eigenvalue weighted by Gasteiger charge is -2.14. The van der Waals surface area contributed by atoms with Crippen LogP contribution in [0.5, 0.6) is 17.2 Å². The topological polar surface area (TPSA) is 69.7 Å². The molecule has 3 aromatic rings. The lowest BCUT2D eigenvalue weighted by Crippen LogP contribution is -2.13. The molecule has 1 fully saturated rings. The van der Waals surface area contributed by atoms with Crippen molar-refractivity contribution in [1.82, 2.24) is 4.98 Å². The minimum absolute atomic E-state index is 0.266. The molecule has 1 heterocycles. The quantitative estimate of drug-likeness (QED) is 0.550.